The van der Waals surface area contributed by atoms with Gasteiger partial charge in [-0.3, -0.25) is 4.79 Å². The number of nitrogens with zero attached hydrogens (tertiary/aromatic N) is 1. The average molecular weight is 552 g/mol. The van der Waals surface area contributed by atoms with Gasteiger partial charge in [-0.1, -0.05) is 23.2 Å². The molecule has 4 rings (SSSR count). The maximum atomic E-state index is 13.5. The minimum Gasteiger partial charge on any atom is -0.479 e. The molecule has 1 aromatic heterocycles. The fraction of sp³-hybridized carbons (Fsp3) is 0.154. The predicted octanol–water partition coefficient (Wildman–Crippen LogP) is 7.23. The Bertz CT molecular complexity index is 1510. The maximum absolute atomic E-state index is 13.5. The van der Waals surface area contributed by atoms with Crippen molar-refractivity contribution in [3.63, 3.8) is 0 Å². The topological polar surface area (TPSA) is 77.8 Å². The summed E-state index contributed by atoms with van der Waals surface area (Å²) in [6, 6.07) is 14.2. The zero-order valence-electron chi connectivity index (χ0n) is 19.3. The van der Waals surface area contributed by atoms with Crippen LogP contribution in [0.1, 0.15) is 28.5 Å². The largest absolute Gasteiger partial charge is 0.573 e. The van der Waals surface area contributed by atoms with E-state index in [1.807, 2.05) is 0 Å². The summed E-state index contributed by atoms with van der Waals surface area (Å²) in [7, 11) is 0. The Balaban J connectivity index is 1.96. The Morgan fingerprint density at radius 2 is 1.62 bits per heavy atom. The van der Waals surface area contributed by atoms with E-state index in [1.165, 1.54) is 35.8 Å². The van der Waals surface area contributed by atoms with E-state index in [0.29, 0.717) is 21.7 Å². The van der Waals surface area contributed by atoms with Crippen molar-refractivity contribution in [1.29, 1.82) is 0 Å². The highest BCUT2D eigenvalue weighted by Crippen LogP contribution is 2.37. The standard InChI is InChI=1S/C26H18Cl2F3NO5/c1-13-23(24(33)15-3-5-16(27)6-4-15)19-9-7-18(37-26(29,30)31)12-21(19)32(13)22-11-17(8-10-20(22)28)36-14(2)25(34)35/h3-12,14H,1-2H3,(H,34,35)/t14-/m1/s1. The van der Waals surface area contributed by atoms with Crippen LogP contribution in [0.5, 0.6) is 11.5 Å². The van der Waals surface area contributed by atoms with Gasteiger partial charge in [0.15, 0.2) is 11.9 Å². The second-order valence-corrected chi connectivity index (χ2v) is 8.91. The third kappa shape index (κ3) is 5.52. The van der Waals surface area contributed by atoms with Crippen LogP contribution in [0.3, 0.4) is 0 Å². The van der Waals surface area contributed by atoms with E-state index < -0.39 is 24.2 Å². The molecule has 11 heteroatoms. The Morgan fingerprint density at radius 3 is 2.24 bits per heavy atom. The van der Waals surface area contributed by atoms with Crippen molar-refractivity contribution >= 4 is 45.9 Å². The lowest BCUT2D eigenvalue weighted by atomic mass is 10.0. The first kappa shape index (κ1) is 26.4. The van der Waals surface area contributed by atoms with Gasteiger partial charge in [-0.05, 0) is 62.4 Å². The number of halogens is 5. The molecule has 0 spiro atoms. The van der Waals surface area contributed by atoms with E-state index in [4.69, 9.17) is 27.9 Å². The first-order valence-corrected chi connectivity index (χ1v) is 11.5. The number of ketones is 1. The van der Waals surface area contributed by atoms with Crippen molar-refractivity contribution in [2.75, 3.05) is 0 Å². The van der Waals surface area contributed by atoms with Crippen molar-refractivity contribution < 1.29 is 37.3 Å². The molecule has 3 aromatic carbocycles. The van der Waals surface area contributed by atoms with Gasteiger partial charge in [-0.25, -0.2) is 4.79 Å². The fourth-order valence-electron chi connectivity index (χ4n) is 3.93. The zero-order valence-corrected chi connectivity index (χ0v) is 20.8. The van der Waals surface area contributed by atoms with E-state index in [2.05, 4.69) is 4.74 Å². The number of carbonyl (C=O) groups excluding carboxylic acids is 1. The smallest absolute Gasteiger partial charge is 0.479 e. The van der Waals surface area contributed by atoms with Crippen LogP contribution < -0.4 is 9.47 Å². The summed E-state index contributed by atoms with van der Waals surface area (Å²) in [5.74, 6) is -1.91. The Hall–Kier alpha value is -3.69. The molecule has 0 saturated carbocycles. The van der Waals surface area contributed by atoms with Gasteiger partial charge in [-0.2, -0.15) is 0 Å². The molecule has 0 aliphatic heterocycles. The Morgan fingerprint density at radius 1 is 0.973 bits per heavy atom. The van der Waals surface area contributed by atoms with Gasteiger partial charge in [0.2, 0.25) is 0 Å². The van der Waals surface area contributed by atoms with Crippen LogP contribution in [0.15, 0.2) is 60.7 Å². The van der Waals surface area contributed by atoms with Crippen molar-refractivity contribution in [2.24, 2.45) is 0 Å². The zero-order chi connectivity index (χ0) is 27.1. The van der Waals surface area contributed by atoms with Gasteiger partial charge in [-0.15, -0.1) is 13.2 Å². The minimum absolute atomic E-state index is 0.156. The summed E-state index contributed by atoms with van der Waals surface area (Å²) in [4.78, 5) is 24.8. The lowest BCUT2D eigenvalue weighted by Gasteiger charge is -2.15. The highest BCUT2D eigenvalue weighted by Gasteiger charge is 2.32. The van der Waals surface area contributed by atoms with E-state index in [-0.39, 0.29) is 33.3 Å². The van der Waals surface area contributed by atoms with Crippen LogP contribution in [0.2, 0.25) is 10.0 Å². The molecule has 192 valence electrons. The molecule has 1 N–H and O–H groups in total. The van der Waals surface area contributed by atoms with Crippen molar-refractivity contribution in [2.45, 2.75) is 26.3 Å². The molecule has 4 aromatic rings. The first-order chi connectivity index (χ1) is 17.4. The van der Waals surface area contributed by atoms with E-state index in [9.17, 15) is 27.9 Å². The van der Waals surface area contributed by atoms with Crippen molar-refractivity contribution in [3.05, 3.63) is 87.5 Å². The average Bonchev–Trinajstić information content (AvgIpc) is 3.10. The third-order valence-electron chi connectivity index (χ3n) is 5.56. The van der Waals surface area contributed by atoms with Gasteiger partial charge >= 0.3 is 12.3 Å². The minimum atomic E-state index is -4.93. The number of alkyl halides is 3. The van der Waals surface area contributed by atoms with Gasteiger partial charge < -0.3 is 19.1 Å². The van der Waals surface area contributed by atoms with Crippen LogP contribution in [-0.4, -0.2) is 33.9 Å². The number of rotatable bonds is 7. The van der Waals surface area contributed by atoms with E-state index in [1.54, 1.807) is 31.2 Å². The molecular weight excluding hydrogens is 534 g/mol. The number of carboxylic acids is 1. The molecule has 0 aliphatic carbocycles. The number of fused-ring (bicyclic) bond motifs is 1. The number of carboxylic acid groups (broad SMARTS) is 1. The first-order valence-electron chi connectivity index (χ1n) is 10.8. The van der Waals surface area contributed by atoms with Crippen LogP contribution in [0.25, 0.3) is 16.6 Å². The summed E-state index contributed by atoms with van der Waals surface area (Å²) < 4.78 is 49.9. The normalized spacial score (nSPS) is 12.4. The van der Waals surface area contributed by atoms with E-state index in [0.717, 1.165) is 12.1 Å². The second kappa shape index (κ2) is 9.99. The fourth-order valence-corrected chi connectivity index (χ4v) is 4.25. The van der Waals surface area contributed by atoms with Crippen LogP contribution in [0.4, 0.5) is 13.2 Å². The quantitative estimate of drug-likeness (QED) is 0.245. The highest BCUT2D eigenvalue weighted by atomic mass is 35.5. The summed E-state index contributed by atoms with van der Waals surface area (Å²) in [5, 5.41) is 10.1. The summed E-state index contributed by atoms with van der Waals surface area (Å²) in [6.45, 7) is 2.97. The number of hydrogen-bond donors (Lipinski definition) is 1. The number of benzene rings is 3. The second-order valence-electron chi connectivity index (χ2n) is 8.07. The predicted molar refractivity (Wildman–Crippen MR) is 132 cm³/mol. The molecular formula is C26H18Cl2F3NO5. The van der Waals surface area contributed by atoms with Crippen molar-refractivity contribution in [3.8, 4) is 17.2 Å². The number of carbonyl (C=O) groups is 2. The molecule has 0 bridgehead atoms. The molecule has 0 radical (unpaired) electrons. The summed E-state index contributed by atoms with van der Waals surface area (Å²) in [6.07, 6.45) is -6.11. The van der Waals surface area contributed by atoms with Gasteiger partial charge in [0.1, 0.15) is 11.5 Å². The maximum Gasteiger partial charge on any atom is 0.573 e. The van der Waals surface area contributed by atoms with Gasteiger partial charge in [0, 0.05) is 33.8 Å². The van der Waals surface area contributed by atoms with Crippen LogP contribution in [0, 0.1) is 6.92 Å². The van der Waals surface area contributed by atoms with E-state index >= 15 is 0 Å². The van der Waals surface area contributed by atoms with Crippen LogP contribution in [-0.2, 0) is 4.79 Å². The lowest BCUT2D eigenvalue weighted by molar-refractivity contribution is -0.274. The molecule has 1 heterocycles. The molecule has 1 atom stereocenters. The van der Waals surface area contributed by atoms with Gasteiger partial charge in [0.25, 0.3) is 0 Å². The molecule has 0 saturated heterocycles. The molecule has 0 amide bonds. The third-order valence-corrected chi connectivity index (χ3v) is 6.13. The molecule has 37 heavy (non-hydrogen) atoms. The SMILES string of the molecule is Cc1c(C(=O)c2ccc(Cl)cc2)c2ccc(OC(F)(F)F)cc2n1-c1cc(O[C@H](C)C(=O)O)ccc1Cl. The number of aliphatic carboxylic acids is 1. The molecule has 6 nitrogen and oxygen atoms in total. The lowest BCUT2D eigenvalue weighted by Crippen LogP contribution is -2.22. The molecule has 0 unspecified atom stereocenters. The van der Waals surface area contributed by atoms with Gasteiger partial charge in [0.05, 0.1) is 21.8 Å². The Labute approximate surface area is 218 Å². The number of aromatic nitrogens is 1. The van der Waals surface area contributed by atoms with Crippen molar-refractivity contribution in [1.82, 2.24) is 4.57 Å². The van der Waals surface area contributed by atoms with Crippen LogP contribution >= 0.6 is 23.2 Å². The highest BCUT2D eigenvalue weighted by molar-refractivity contribution is 6.32. The number of hydrogen-bond acceptors (Lipinski definition) is 4. The number of ether oxygens (including phenoxy) is 2. The monoisotopic (exact) mass is 551 g/mol. The molecule has 0 aliphatic rings. The molecule has 0 fully saturated rings. The summed E-state index contributed by atoms with van der Waals surface area (Å²) >= 11 is 12.4. The Kier molecular flexibility index (Phi) is 7.12. The summed E-state index contributed by atoms with van der Waals surface area (Å²) in [5.41, 5.74) is 1.41.